The molecule has 0 amide bonds. The Kier molecular flexibility index (Phi) is 5.39. The van der Waals surface area contributed by atoms with Gasteiger partial charge in [-0.25, -0.2) is 12.7 Å². The van der Waals surface area contributed by atoms with Gasteiger partial charge in [-0.2, -0.15) is 0 Å². The Labute approximate surface area is 107 Å². The van der Waals surface area contributed by atoms with E-state index in [-0.39, 0.29) is 18.8 Å². The first-order valence-corrected chi connectivity index (χ1v) is 7.24. The summed E-state index contributed by atoms with van der Waals surface area (Å²) in [5.41, 5.74) is 0.879. The summed E-state index contributed by atoms with van der Waals surface area (Å²) in [4.78, 5) is 0. The molecule has 0 spiro atoms. The topological polar surface area (TPSA) is 57.6 Å². The van der Waals surface area contributed by atoms with E-state index in [1.54, 1.807) is 24.3 Å². The molecule has 0 fully saturated rings. The second kappa shape index (κ2) is 6.35. The number of halogens is 1. The van der Waals surface area contributed by atoms with Gasteiger partial charge < -0.3 is 5.11 Å². The van der Waals surface area contributed by atoms with Crippen molar-refractivity contribution in [3.8, 4) is 0 Å². The van der Waals surface area contributed by atoms with E-state index in [4.69, 9.17) is 16.7 Å². The fraction of sp³-hybridized carbons (Fsp3) is 0.455. The van der Waals surface area contributed by atoms with E-state index in [1.165, 1.54) is 11.4 Å². The van der Waals surface area contributed by atoms with Crippen LogP contribution in [-0.4, -0.2) is 37.2 Å². The summed E-state index contributed by atoms with van der Waals surface area (Å²) < 4.78 is 24.8. The molecule has 0 heterocycles. The van der Waals surface area contributed by atoms with E-state index in [0.717, 1.165) is 5.56 Å². The van der Waals surface area contributed by atoms with Crippen LogP contribution in [0.3, 0.4) is 0 Å². The van der Waals surface area contributed by atoms with Crippen LogP contribution in [0.25, 0.3) is 0 Å². The van der Waals surface area contributed by atoms with Gasteiger partial charge in [0, 0.05) is 25.2 Å². The predicted octanol–water partition coefficient (Wildman–Crippen LogP) is 1.48. The lowest BCUT2D eigenvalue weighted by molar-refractivity contribution is 0.294. The molecule has 0 bridgehead atoms. The summed E-state index contributed by atoms with van der Waals surface area (Å²) in [6.07, 6.45) is 0.257. The Balaban J connectivity index is 2.65. The molecule has 1 N–H and O–H groups in total. The van der Waals surface area contributed by atoms with Gasteiger partial charge in [0.05, 0.1) is 5.75 Å². The largest absolute Gasteiger partial charge is 0.396 e. The normalized spacial score (nSPS) is 12.0. The maximum atomic E-state index is 11.7. The fourth-order valence-corrected chi connectivity index (χ4v) is 2.63. The van der Waals surface area contributed by atoms with Gasteiger partial charge in [-0.15, -0.1) is 0 Å². The molecule has 0 aromatic heterocycles. The monoisotopic (exact) mass is 277 g/mol. The summed E-state index contributed by atoms with van der Waals surface area (Å²) in [7, 11) is -1.76. The van der Waals surface area contributed by atoms with Gasteiger partial charge in [-0.1, -0.05) is 23.7 Å². The molecule has 0 unspecified atom stereocenters. The quantitative estimate of drug-likeness (QED) is 0.857. The predicted molar refractivity (Wildman–Crippen MR) is 68.4 cm³/mol. The van der Waals surface area contributed by atoms with Crippen molar-refractivity contribution in [1.29, 1.82) is 0 Å². The molecule has 0 aliphatic heterocycles. The molecular weight excluding hydrogens is 262 g/mol. The first kappa shape index (κ1) is 14.4. The zero-order chi connectivity index (χ0) is 12.9. The van der Waals surface area contributed by atoms with Crippen LogP contribution < -0.4 is 0 Å². The van der Waals surface area contributed by atoms with Crippen molar-refractivity contribution in [2.75, 3.05) is 19.4 Å². The highest BCUT2D eigenvalue weighted by Crippen LogP contribution is 2.12. The van der Waals surface area contributed by atoms with E-state index >= 15 is 0 Å². The molecule has 0 saturated heterocycles. The lowest BCUT2D eigenvalue weighted by atomic mass is 10.2. The third-order valence-corrected chi connectivity index (χ3v) is 4.49. The number of rotatable bonds is 6. The number of hydrogen-bond donors (Lipinski definition) is 1. The molecule has 1 rings (SSSR count). The maximum absolute atomic E-state index is 11.7. The SMILES string of the molecule is CN(Cc1ccc(Cl)cc1)S(=O)(=O)CCCO. The van der Waals surface area contributed by atoms with Crippen LogP contribution in [0.15, 0.2) is 24.3 Å². The molecular formula is C11H16ClNO3S. The molecule has 0 atom stereocenters. The van der Waals surface area contributed by atoms with Crippen molar-refractivity contribution in [2.45, 2.75) is 13.0 Å². The minimum absolute atomic E-state index is 0.0341. The van der Waals surface area contributed by atoms with E-state index in [2.05, 4.69) is 0 Å². The average molecular weight is 278 g/mol. The third-order valence-electron chi connectivity index (χ3n) is 2.35. The molecule has 1 aromatic rings. The second-order valence-corrected chi connectivity index (χ2v) is 6.41. The zero-order valence-corrected chi connectivity index (χ0v) is 11.2. The van der Waals surface area contributed by atoms with Gasteiger partial charge >= 0.3 is 0 Å². The molecule has 0 aliphatic rings. The van der Waals surface area contributed by atoms with Crippen LogP contribution in [0.1, 0.15) is 12.0 Å². The van der Waals surface area contributed by atoms with Gasteiger partial charge in [0.2, 0.25) is 10.0 Å². The molecule has 0 radical (unpaired) electrons. The number of nitrogens with zero attached hydrogens (tertiary/aromatic N) is 1. The van der Waals surface area contributed by atoms with Crippen molar-refractivity contribution in [3.63, 3.8) is 0 Å². The highest BCUT2D eigenvalue weighted by Gasteiger charge is 2.17. The van der Waals surface area contributed by atoms with E-state index in [0.29, 0.717) is 11.6 Å². The summed E-state index contributed by atoms with van der Waals surface area (Å²) in [6, 6.07) is 7.04. The Hall–Kier alpha value is -0.620. The second-order valence-electron chi connectivity index (χ2n) is 3.78. The van der Waals surface area contributed by atoms with Crippen LogP contribution in [-0.2, 0) is 16.6 Å². The van der Waals surface area contributed by atoms with Crippen molar-refractivity contribution in [2.24, 2.45) is 0 Å². The van der Waals surface area contributed by atoms with E-state index in [9.17, 15) is 8.42 Å². The van der Waals surface area contributed by atoms with Crippen LogP contribution >= 0.6 is 11.6 Å². The van der Waals surface area contributed by atoms with E-state index < -0.39 is 10.0 Å². The number of aliphatic hydroxyl groups is 1. The molecule has 0 saturated carbocycles. The van der Waals surface area contributed by atoms with Crippen molar-refractivity contribution >= 4 is 21.6 Å². The standard InChI is InChI=1S/C11H16ClNO3S/c1-13(17(15,16)8-2-7-14)9-10-3-5-11(12)6-4-10/h3-6,14H,2,7-9H2,1H3. The first-order valence-electron chi connectivity index (χ1n) is 5.25. The van der Waals surface area contributed by atoms with Gasteiger partial charge in [-0.3, -0.25) is 0 Å². The van der Waals surface area contributed by atoms with Crippen LogP contribution in [0, 0.1) is 0 Å². The first-order chi connectivity index (χ1) is 7.95. The fourth-order valence-electron chi connectivity index (χ4n) is 1.35. The summed E-state index contributed by atoms with van der Waals surface area (Å²) in [5, 5.41) is 9.26. The molecule has 96 valence electrons. The van der Waals surface area contributed by atoms with Crippen molar-refractivity contribution in [1.82, 2.24) is 4.31 Å². The maximum Gasteiger partial charge on any atom is 0.214 e. The number of aliphatic hydroxyl groups excluding tert-OH is 1. The zero-order valence-electron chi connectivity index (χ0n) is 9.63. The minimum Gasteiger partial charge on any atom is -0.396 e. The molecule has 0 aliphatic carbocycles. The molecule has 6 heteroatoms. The van der Waals surface area contributed by atoms with Gasteiger partial charge in [0.1, 0.15) is 0 Å². The summed E-state index contributed by atoms with van der Waals surface area (Å²) >= 11 is 5.75. The third kappa shape index (κ3) is 4.63. The van der Waals surface area contributed by atoms with Crippen molar-refractivity contribution < 1.29 is 13.5 Å². The number of sulfonamides is 1. The highest BCUT2D eigenvalue weighted by molar-refractivity contribution is 7.89. The Bertz CT molecular complexity index is 444. The molecule has 1 aromatic carbocycles. The lowest BCUT2D eigenvalue weighted by Gasteiger charge is -2.16. The highest BCUT2D eigenvalue weighted by atomic mass is 35.5. The van der Waals surface area contributed by atoms with Gasteiger partial charge in [0.25, 0.3) is 0 Å². The minimum atomic E-state index is -3.29. The number of hydrogen-bond acceptors (Lipinski definition) is 3. The van der Waals surface area contributed by atoms with Gasteiger partial charge in [0.15, 0.2) is 0 Å². The lowest BCUT2D eigenvalue weighted by Crippen LogP contribution is -2.29. The van der Waals surface area contributed by atoms with Crippen LogP contribution in [0.5, 0.6) is 0 Å². The Morgan fingerprint density at radius 1 is 1.29 bits per heavy atom. The summed E-state index contributed by atoms with van der Waals surface area (Å²) in [5.74, 6) is -0.0341. The van der Waals surface area contributed by atoms with Crippen molar-refractivity contribution in [3.05, 3.63) is 34.9 Å². The van der Waals surface area contributed by atoms with Crippen LogP contribution in [0.2, 0.25) is 5.02 Å². The molecule has 17 heavy (non-hydrogen) atoms. The van der Waals surface area contributed by atoms with Crippen LogP contribution in [0.4, 0.5) is 0 Å². The average Bonchev–Trinajstić information content (AvgIpc) is 2.29. The Morgan fingerprint density at radius 3 is 2.41 bits per heavy atom. The van der Waals surface area contributed by atoms with E-state index in [1.807, 2.05) is 0 Å². The van der Waals surface area contributed by atoms with Gasteiger partial charge in [-0.05, 0) is 24.1 Å². The summed E-state index contributed by atoms with van der Waals surface area (Å²) in [6.45, 7) is 0.193. The smallest absolute Gasteiger partial charge is 0.214 e. The molecule has 4 nitrogen and oxygen atoms in total. The Morgan fingerprint density at radius 2 is 1.88 bits per heavy atom. The number of benzene rings is 1.